The summed E-state index contributed by atoms with van der Waals surface area (Å²) >= 11 is 0. The summed E-state index contributed by atoms with van der Waals surface area (Å²) in [5.74, 6) is 2.31. The summed E-state index contributed by atoms with van der Waals surface area (Å²) in [6.07, 6.45) is 0. The van der Waals surface area contributed by atoms with Crippen LogP contribution in [-0.4, -0.2) is 55.8 Å². The second-order valence-corrected chi connectivity index (χ2v) is 7.72. The summed E-state index contributed by atoms with van der Waals surface area (Å²) in [5.41, 5.74) is 1.89. The third-order valence-electron chi connectivity index (χ3n) is 5.71. The van der Waals surface area contributed by atoms with E-state index >= 15 is 0 Å². The Morgan fingerprint density at radius 2 is 1.81 bits per heavy atom. The molecule has 0 radical (unpaired) electrons. The van der Waals surface area contributed by atoms with Gasteiger partial charge in [-0.1, -0.05) is 12.1 Å². The number of methoxy groups -OCH3 is 2. The Morgan fingerprint density at radius 1 is 1.12 bits per heavy atom. The van der Waals surface area contributed by atoms with Crippen molar-refractivity contribution in [1.82, 2.24) is 15.3 Å². The van der Waals surface area contributed by atoms with Crippen LogP contribution < -0.4 is 19.7 Å². The van der Waals surface area contributed by atoms with Crippen LogP contribution >= 0.6 is 0 Å². The van der Waals surface area contributed by atoms with Crippen molar-refractivity contribution in [3.8, 4) is 11.5 Å². The van der Waals surface area contributed by atoms with E-state index in [0.29, 0.717) is 35.3 Å². The average molecular weight is 437 g/mol. The Labute approximate surface area is 187 Å². The van der Waals surface area contributed by atoms with Gasteiger partial charge >= 0.3 is 0 Å². The molecule has 4 rings (SSSR count). The molecule has 2 heterocycles. The van der Waals surface area contributed by atoms with Gasteiger partial charge in [0.25, 0.3) is 0 Å². The van der Waals surface area contributed by atoms with Gasteiger partial charge in [0, 0.05) is 31.9 Å². The van der Waals surface area contributed by atoms with Gasteiger partial charge in [0.2, 0.25) is 0 Å². The minimum atomic E-state index is -1.000. The number of Topliss-reactive ketones (excluding diaryl/α,β-unsaturated/α-hetero) is 1. The second-order valence-electron chi connectivity index (χ2n) is 7.72. The van der Waals surface area contributed by atoms with Crippen LogP contribution in [0.2, 0.25) is 0 Å². The van der Waals surface area contributed by atoms with Gasteiger partial charge in [0.15, 0.2) is 5.78 Å². The van der Waals surface area contributed by atoms with Crippen LogP contribution in [0.3, 0.4) is 0 Å². The molecule has 0 fully saturated rings. The topological polar surface area (TPSA) is 88.7 Å². The molecule has 1 aliphatic heterocycles. The van der Waals surface area contributed by atoms with Gasteiger partial charge in [0.05, 0.1) is 37.5 Å². The molecule has 2 aromatic carbocycles. The summed E-state index contributed by atoms with van der Waals surface area (Å²) in [4.78, 5) is 23.9. The highest BCUT2D eigenvalue weighted by Crippen LogP contribution is 2.43. The predicted octanol–water partition coefficient (Wildman–Crippen LogP) is 3.35. The Balaban J connectivity index is 1.94. The molecule has 2 N–H and O–H groups in total. The highest BCUT2D eigenvalue weighted by atomic mass is 16.5. The van der Waals surface area contributed by atoms with Gasteiger partial charge in [0.1, 0.15) is 34.3 Å². The molecular formula is C24H28N4O4. The lowest BCUT2D eigenvalue weighted by atomic mass is 9.94. The number of ether oxygens (including phenoxy) is 3. The largest absolute Gasteiger partial charge is 0.497 e. The molecule has 8 heteroatoms. The molecule has 3 aromatic rings. The maximum atomic E-state index is 13.9. The number of nitrogens with one attached hydrogen (secondary N) is 2. The van der Waals surface area contributed by atoms with Gasteiger partial charge in [-0.2, -0.15) is 0 Å². The summed E-state index contributed by atoms with van der Waals surface area (Å²) in [6, 6.07) is 13.3. The fourth-order valence-electron chi connectivity index (χ4n) is 4.13. The first kappa shape index (κ1) is 21.7. The third-order valence-corrected chi connectivity index (χ3v) is 5.71. The maximum absolute atomic E-state index is 13.9. The van der Waals surface area contributed by atoms with Gasteiger partial charge < -0.3 is 29.4 Å². The summed E-state index contributed by atoms with van der Waals surface area (Å²) in [7, 11) is 4.99. The van der Waals surface area contributed by atoms with Crippen LogP contribution in [0, 0.1) is 0 Å². The predicted molar refractivity (Wildman–Crippen MR) is 124 cm³/mol. The molecule has 0 amide bonds. The standard InChI is InChI=1S/C24H28N4O4/c1-6-32-14-24(2)21(29)20(22-26-18-9-7-8-10-19(18)27-22)23(25-3)28(24)15-11-16(30-4)13-17(12-15)31-5/h7-13,25H,6,14H2,1-5H3,(H,26,27)/t24-/m0/s1. The summed E-state index contributed by atoms with van der Waals surface area (Å²) in [6.45, 7) is 4.49. The molecule has 0 saturated heterocycles. The van der Waals surface area contributed by atoms with Crippen molar-refractivity contribution in [1.29, 1.82) is 0 Å². The van der Waals surface area contributed by atoms with Gasteiger partial charge in [-0.15, -0.1) is 0 Å². The SMILES string of the molecule is CCOC[C@@]1(C)C(=O)C(c2nc3ccccc3[nH]2)=C(NC)N1c1cc(OC)cc(OC)c1. The van der Waals surface area contributed by atoms with E-state index in [0.717, 1.165) is 16.7 Å². The zero-order chi connectivity index (χ0) is 22.9. The number of benzene rings is 2. The van der Waals surface area contributed by atoms with E-state index < -0.39 is 5.54 Å². The maximum Gasteiger partial charge on any atom is 0.198 e. The quantitative estimate of drug-likeness (QED) is 0.560. The van der Waals surface area contributed by atoms with Gasteiger partial charge in [-0.25, -0.2) is 4.98 Å². The van der Waals surface area contributed by atoms with Crippen molar-refractivity contribution in [2.75, 3.05) is 39.4 Å². The number of carbonyl (C=O) groups is 1. The smallest absolute Gasteiger partial charge is 0.198 e. The average Bonchev–Trinajstić information content (AvgIpc) is 3.33. The number of fused-ring (bicyclic) bond motifs is 1. The van der Waals surface area contributed by atoms with Crippen molar-refractivity contribution in [3.05, 3.63) is 54.1 Å². The molecule has 1 atom stereocenters. The first-order valence-corrected chi connectivity index (χ1v) is 10.5. The number of aromatic nitrogens is 2. The third kappa shape index (κ3) is 3.46. The van der Waals surface area contributed by atoms with Crippen molar-refractivity contribution in [3.63, 3.8) is 0 Å². The van der Waals surface area contributed by atoms with E-state index in [-0.39, 0.29) is 12.4 Å². The second kappa shape index (κ2) is 8.55. The number of aromatic amines is 1. The Morgan fingerprint density at radius 3 is 2.41 bits per heavy atom. The molecule has 0 aliphatic carbocycles. The summed E-state index contributed by atoms with van der Waals surface area (Å²) in [5, 5.41) is 3.23. The number of hydrogen-bond acceptors (Lipinski definition) is 7. The zero-order valence-electron chi connectivity index (χ0n) is 19.0. The first-order chi connectivity index (χ1) is 15.5. The van der Waals surface area contributed by atoms with Gasteiger partial charge in [-0.3, -0.25) is 4.79 Å². The monoisotopic (exact) mass is 436 g/mol. The van der Waals surface area contributed by atoms with Crippen LogP contribution in [0.25, 0.3) is 16.6 Å². The van der Waals surface area contributed by atoms with Crippen LogP contribution in [0.5, 0.6) is 11.5 Å². The molecule has 8 nitrogen and oxygen atoms in total. The number of nitrogens with zero attached hydrogens (tertiary/aromatic N) is 2. The fourth-order valence-corrected chi connectivity index (χ4v) is 4.13. The Kier molecular flexibility index (Phi) is 5.80. The molecule has 0 unspecified atom stereocenters. The van der Waals surface area contributed by atoms with E-state index in [1.54, 1.807) is 27.3 Å². The van der Waals surface area contributed by atoms with E-state index in [4.69, 9.17) is 19.2 Å². The lowest BCUT2D eigenvalue weighted by molar-refractivity contribution is -0.119. The normalized spacial score (nSPS) is 18.5. The van der Waals surface area contributed by atoms with Crippen LogP contribution in [-0.2, 0) is 9.53 Å². The molecule has 0 spiro atoms. The number of hydrogen-bond donors (Lipinski definition) is 2. The highest BCUT2D eigenvalue weighted by molar-refractivity contribution is 6.30. The number of H-pyrrole nitrogens is 1. The van der Waals surface area contributed by atoms with Crippen molar-refractivity contribution >= 4 is 28.1 Å². The van der Waals surface area contributed by atoms with Gasteiger partial charge in [-0.05, 0) is 26.0 Å². The number of rotatable bonds is 8. The molecule has 32 heavy (non-hydrogen) atoms. The van der Waals surface area contributed by atoms with Crippen LogP contribution in [0.15, 0.2) is 48.3 Å². The number of anilines is 1. The van der Waals surface area contributed by atoms with E-state index in [1.165, 1.54) is 0 Å². The van der Waals surface area contributed by atoms with Crippen LogP contribution in [0.4, 0.5) is 5.69 Å². The molecule has 1 aliphatic rings. The molecule has 168 valence electrons. The number of para-hydroxylation sites is 2. The Bertz CT molecular complexity index is 1130. The van der Waals surface area contributed by atoms with Crippen molar-refractivity contribution in [2.45, 2.75) is 19.4 Å². The molecular weight excluding hydrogens is 408 g/mol. The molecule has 1 aromatic heterocycles. The minimum Gasteiger partial charge on any atom is -0.497 e. The minimum absolute atomic E-state index is 0.0869. The number of imidazole rings is 1. The van der Waals surface area contributed by atoms with Crippen LogP contribution in [0.1, 0.15) is 19.7 Å². The van der Waals surface area contributed by atoms with Crippen molar-refractivity contribution < 1.29 is 19.0 Å². The lowest BCUT2D eigenvalue weighted by Crippen LogP contribution is -2.52. The number of ketones is 1. The number of carbonyl (C=O) groups excluding carboxylic acids is 1. The molecule has 0 bridgehead atoms. The summed E-state index contributed by atoms with van der Waals surface area (Å²) < 4.78 is 16.7. The van der Waals surface area contributed by atoms with E-state index in [1.807, 2.05) is 55.1 Å². The highest BCUT2D eigenvalue weighted by Gasteiger charge is 2.51. The zero-order valence-corrected chi connectivity index (χ0v) is 19.0. The van der Waals surface area contributed by atoms with Crippen molar-refractivity contribution in [2.24, 2.45) is 0 Å². The Hall–Kier alpha value is -3.52. The van der Waals surface area contributed by atoms with E-state index in [2.05, 4.69) is 10.3 Å². The first-order valence-electron chi connectivity index (χ1n) is 10.5. The van der Waals surface area contributed by atoms with E-state index in [9.17, 15) is 4.79 Å². The molecule has 0 saturated carbocycles. The lowest BCUT2D eigenvalue weighted by Gasteiger charge is -2.37. The fraction of sp³-hybridized carbons (Fsp3) is 0.333.